The number of nitrogen functional groups attached to an aromatic ring is 1. The highest BCUT2D eigenvalue weighted by Crippen LogP contribution is 2.23. The molecule has 0 aliphatic rings. The first-order valence-corrected chi connectivity index (χ1v) is 11.5. The van der Waals surface area contributed by atoms with Crippen LogP contribution in [-0.2, 0) is 14.4 Å². The Bertz CT molecular complexity index is 1390. The van der Waals surface area contributed by atoms with Crippen molar-refractivity contribution in [3.05, 3.63) is 114 Å². The number of fused-ring (bicyclic) bond motifs is 1. The minimum absolute atomic E-state index is 0.0536. The van der Waals surface area contributed by atoms with E-state index in [1.54, 1.807) is 48.5 Å². The van der Waals surface area contributed by atoms with E-state index >= 15 is 0 Å². The third-order valence-electron chi connectivity index (χ3n) is 5.75. The summed E-state index contributed by atoms with van der Waals surface area (Å²) in [6.07, 6.45) is 0. The van der Waals surface area contributed by atoms with Gasteiger partial charge < -0.3 is 21.5 Å². The Hall–Kier alpha value is -4.98. The highest BCUT2D eigenvalue weighted by Gasteiger charge is 2.29. The Balaban J connectivity index is 0.00000121. The number of nitrogens with two attached hydrogens (primary N) is 1. The van der Waals surface area contributed by atoms with Crippen molar-refractivity contribution in [2.75, 3.05) is 5.32 Å². The molecule has 0 saturated heterocycles. The van der Waals surface area contributed by atoms with E-state index in [9.17, 15) is 9.59 Å². The van der Waals surface area contributed by atoms with E-state index in [-0.39, 0.29) is 24.3 Å². The molecule has 2 amide bonds. The van der Waals surface area contributed by atoms with Gasteiger partial charge in [-0.1, -0.05) is 66.7 Å². The van der Waals surface area contributed by atoms with Crippen molar-refractivity contribution in [2.45, 2.75) is 18.9 Å². The molecule has 0 heterocycles. The monoisotopic (exact) mass is 496 g/mol. The topological polar surface area (TPSA) is 145 Å². The molecule has 188 valence electrons. The van der Waals surface area contributed by atoms with Crippen molar-refractivity contribution in [3.8, 4) is 0 Å². The van der Waals surface area contributed by atoms with Gasteiger partial charge in [-0.25, -0.2) is 0 Å². The summed E-state index contributed by atoms with van der Waals surface area (Å²) in [5.41, 5.74) is 8.13. The average molecular weight is 497 g/mol. The van der Waals surface area contributed by atoms with Gasteiger partial charge in [-0.05, 0) is 59.2 Å². The van der Waals surface area contributed by atoms with E-state index in [0.29, 0.717) is 16.8 Å². The zero-order valence-corrected chi connectivity index (χ0v) is 20.2. The van der Waals surface area contributed by atoms with Crippen molar-refractivity contribution >= 4 is 40.6 Å². The summed E-state index contributed by atoms with van der Waals surface area (Å²) in [7, 11) is 0. The number of rotatable bonds is 7. The molecule has 0 bridgehead atoms. The largest absolute Gasteiger partial charge is 0.483 e. The molecule has 8 nitrogen and oxygen atoms in total. The third kappa shape index (κ3) is 7.02. The predicted molar refractivity (Wildman–Crippen MR) is 144 cm³/mol. The molecule has 6 N–H and O–H groups in total. The van der Waals surface area contributed by atoms with Gasteiger partial charge in [0.05, 0.1) is 6.04 Å². The number of benzene rings is 4. The Morgan fingerprint density at radius 3 is 2.05 bits per heavy atom. The lowest BCUT2D eigenvalue weighted by Gasteiger charge is -2.21. The fraction of sp³-hybridized carbons (Fsp3) is 0.103. The molecular weight excluding hydrogens is 468 g/mol. The zero-order valence-electron chi connectivity index (χ0n) is 20.2. The van der Waals surface area contributed by atoms with Crippen LogP contribution in [0.25, 0.3) is 10.8 Å². The number of nitrogens with one attached hydrogen (secondary N) is 3. The van der Waals surface area contributed by atoms with Gasteiger partial charge in [0.15, 0.2) is 0 Å². The lowest BCUT2D eigenvalue weighted by molar-refractivity contribution is -0.129. The molecule has 8 heteroatoms. The van der Waals surface area contributed by atoms with Gasteiger partial charge in [0.25, 0.3) is 6.47 Å². The summed E-state index contributed by atoms with van der Waals surface area (Å²) in [5, 5.41) is 22.4. The van der Waals surface area contributed by atoms with E-state index in [0.717, 1.165) is 16.3 Å². The van der Waals surface area contributed by atoms with Crippen molar-refractivity contribution in [1.82, 2.24) is 5.32 Å². The van der Waals surface area contributed by atoms with Gasteiger partial charge in [0.1, 0.15) is 11.8 Å². The molecule has 0 saturated carbocycles. The summed E-state index contributed by atoms with van der Waals surface area (Å²) in [6.45, 7) is 1.66. The number of carboxylic acid groups (broad SMARTS) is 1. The Morgan fingerprint density at radius 2 is 1.43 bits per heavy atom. The minimum atomic E-state index is -1.03. The number of hydrogen-bond acceptors (Lipinski definition) is 4. The second kappa shape index (κ2) is 12.6. The summed E-state index contributed by atoms with van der Waals surface area (Å²) < 4.78 is 0. The normalized spacial score (nSPS) is 11.8. The van der Waals surface area contributed by atoms with Crippen LogP contribution in [0.2, 0.25) is 0 Å². The van der Waals surface area contributed by atoms with Crippen LogP contribution in [-0.4, -0.2) is 29.2 Å². The van der Waals surface area contributed by atoms with Crippen LogP contribution >= 0.6 is 0 Å². The molecule has 0 aromatic heterocycles. The van der Waals surface area contributed by atoms with Gasteiger partial charge >= 0.3 is 0 Å². The van der Waals surface area contributed by atoms with Crippen LogP contribution < -0.4 is 16.4 Å². The number of amidine groups is 1. The van der Waals surface area contributed by atoms with Crippen LogP contribution in [0.1, 0.15) is 35.6 Å². The molecule has 37 heavy (non-hydrogen) atoms. The van der Waals surface area contributed by atoms with Crippen molar-refractivity contribution in [1.29, 1.82) is 5.41 Å². The molecule has 0 radical (unpaired) electrons. The Kier molecular flexibility index (Phi) is 9.10. The highest BCUT2D eigenvalue weighted by atomic mass is 16.3. The summed E-state index contributed by atoms with van der Waals surface area (Å²) in [4.78, 5) is 34.9. The molecular formula is C29H28N4O4. The fourth-order valence-electron chi connectivity index (χ4n) is 3.87. The number of amides is 2. The molecule has 4 aromatic carbocycles. The molecule has 4 rings (SSSR count). The van der Waals surface area contributed by atoms with Crippen molar-refractivity contribution < 1.29 is 19.5 Å². The lowest BCUT2D eigenvalue weighted by Crippen LogP contribution is -2.37. The second-order valence-corrected chi connectivity index (χ2v) is 8.27. The van der Waals surface area contributed by atoms with Crippen LogP contribution in [0.4, 0.5) is 5.69 Å². The number of carbonyl (C=O) groups excluding carboxylic acids is 2. The van der Waals surface area contributed by atoms with Crippen LogP contribution in [0, 0.1) is 5.41 Å². The van der Waals surface area contributed by atoms with E-state index in [2.05, 4.69) is 16.7 Å². The molecule has 4 aromatic rings. The smallest absolute Gasteiger partial charge is 0.290 e. The third-order valence-corrected chi connectivity index (χ3v) is 5.75. The van der Waals surface area contributed by atoms with Gasteiger partial charge in [0.2, 0.25) is 11.8 Å². The van der Waals surface area contributed by atoms with E-state index in [4.69, 9.17) is 21.0 Å². The van der Waals surface area contributed by atoms with Gasteiger partial charge in [-0.3, -0.25) is 19.8 Å². The number of anilines is 1. The van der Waals surface area contributed by atoms with Crippen molar-refractivity contribution in [2.24, 2.45) is 5.73 Å². The summed E-state index contributed by atoms with van der Waals surface area (Å²) >= 11 is 0. The molecule has 0 fully saturated rings. The molecule has 0 aliphatic carbocycles. The van der Waals surface area contributed by atoms with Crippen LogP contribution in [0.5, 0.6) is 0 Å². The first-order valence-electron chi connectivity index (χ1n) is 11.5. The van der Waals surface area contributed by atoms with Crippen LogP contribution in [0.15, 0.2) is 97.1 Å². The Labute approximate surface area is 214 Å². The van der Waals surface area contributed by atoms with E-state index < -0.39 is 11.8 Å². The summed E-state index contributed by atoms with van der Waals surface area (Å²) in [6, 6.07) is 29.4. The van der Waals surface area contributed by atoms with Gasteiger partial charge in [-0.15, -0.1) is 0 Å². The van der Waals surface area contributed by atoms with E-state index in [1.165, 1.54) is 0 Å². The predicted octanol–water partition coefficient (Wildman–Crippen LogP) is 4.42. The van der Waals surface area contributed by atoms with Gasteiger partial charge in [0, 0.05) is 11.3 Å². The van der Waals surface area contributed by atoms with E-state index in [1.807, 2.05) is 49.4 Å². The maximum absolute atomic E-state index is 13.3. The number of hydrogen-bond donors (Lipinski definition) is 5. The SMILES string of the molecule is C[C@@H](NC(=O)C(C(=O)Nc1ccc(C(=N)N)cc1)c1ccccc1)c1ccc2ccccc2c1.O=CO. The molecule has 0 spiro atoms. The standard InChI is InChI=1S/C28H26N4O2.CH2O2/c1-18(22-12-11-19-7-5-6-10-23(19)17-22)31-27(33)25(20-8-3-2-4-9-20)28(34)32-24-15-13-21(14-16-24)26(29)30;2-1-3/h2-18,25H,1H3,(H3,29,30)(H,31,33)(H,32,34);1H,(H,2,3)/t18-,25?;/m1./s1. The Morgan fingerprint density at radius 1 is 0.838 bits per heavy atom. The van der Waals surface area contributed by atoms with Crippen molar-refractivity contribution in [3.63, 3.8) is 0 Å². The molecule has 2 atom stereocenters. The zero-order chi connectivity index (χ0) is 26.8. The molecule has 1 unspecified atom stereocenters. The maximum Gasteiger partial charge on any atom is 0.290 e. The summed E-state index contributed by atoms with van der Waals surface area (Å²) in [5.74, 6) is -1.91. The van der Waals surface area contributed by atoms with Crippen LogP contribution in [0.3, 0.4) is 0 Å². The highest BCUT2D eigenvalue weighted by molar-refractivity contribution is 6.11. The number of carbonyl (C=O) groups is 3. The second-order valence-electron chi connectivity index (χ2n) is 8.27. The first kappa shape index (κ1) is 26.6. The quantitative estimate of drug-likeness (QED) is 0.111. The minimum Gasteiger partial charge on any atom is -0.483 e. The fourth-order valence-corrected chi connectivity index (χ4v) is 3.87. The first-order chi connectivity index (χ1) is 17.8. The maximum atomic E-state index is 13.3. The lowest BCUT2D eigenvalue weighted by atomic mass is 9.95. The molecule has 0 aliphatic heterocycles. The average Bonchev–Trinajstić information content (AvgIpc) is 2.90. The van der Waals surface area contributed by atoms with Gasteiger partial charge in [-0.2, -0.15) is 0 Å².